The third-order valence-corrected chi connectivity index (χ3v) is 2.08. The quantitative estimate of drug-likeness (QED) is 0.718. The molecule has 16 heavy (non-hydrogen) atoms. The van der Waals surface area contributed by atoms with Gasteiger partial charge in [0.25, 0.3) is 0 Å². The third-order valence-electron chi connectivity index (χ3n) is 2.08. The van der Waals surface area contributed by atoms with E-state index in [0.29, 0.717) is 12.5 Å². The SMILES string of the molecule is CCCC(O)CNc1nc(N)c(F)cc1F. The van der Waals surface area contributed by atoms with E-state index in [0.717, 1.165) is 6.42 Å². The summed E-state index contributed by atoms with van der Waals surface area (Å²) in [6, 6.07) is 0.664. The van der Waals surface area contributed by atoms with E-state index in [2.05, 4.69) is 10.3 Å². The molecule has 1 heterocycles. The third kappa shape index (κ3) is 3.30. The minimum Gasteiger partial charge on any atom is -0.391 e. The first-order valence-electron chi connectivity index (χ1n) is 5.08. The lowest BCUT2D eigenvalue weighted by molar-refractivity contribution is 0.176. The molecule has 4 nitrogen and oxygen atoms in total. The lowest BCUT2D eigenvalue weighted by Gasteiger charge is -2.12. The van der Waals surface area contributed by atoms with Crippen molar-refractivity contribution in [3.8, 4) is 0 Å². The summed E-state index contributed by atoms with van der Waals surface area (Å²) < 4.78 is 25.9. The first-order valence-corrected chi connectivity index (χ1v) is 5.08. The summed E-state index contributed by atoms with van der Waals surface area (Å²) in [5.74, 6) is -2.23. The lowest BCUT2D eigenvalue weighted by Crippen LogP contribution is -2.20. The molecule has 0 amide bonds. The number of anilines is 2. The van der Waals surface area contributed by atoms with Crippen LogP contribution in [-0.4, -0.2) is 22.7 Å². The Morgan fingerprint density at radius 3 is 2.81 bits per heavy atom. The minimum absolute atomic E-state index is 0.144. The van der Waals surface area contributed by atoms with Gasteiger partial charge in [0.1, 0.15) is 0 Å². The van der Waals surface area contributed by atoms with E-state index < -0.39 is 17.7 Å². The zero-order chi connectivity index (χ0) is 12.1. The molecule has 0 radical (unpaired) electrons. The normalized spacial score (nSPS) is 12.5. The number of aliphatic hydroxyl groups is 1. The molecule has 1 aromatic heterocycles. The summed E-state index contributed by atoms with van der Waals surface area (Å²) in [6.07, 6.45) is 0.841. The van der Waals surface area contributed by atoms with Crippen LogP contribution in [0.2, 0.25) is 0 Å². The van der Waals surface area contributed by atoms with Gasteiger partial charge in [-0.05, 0) is 6.42 Å². The molecular formula is C10H15F2N3O. The maximum atomic E-state index is 13.2. The molecule has 1 rings (SSSR count). The summed E-state index contributed by atoms with van der Waals surface area (Å²) in [5, 5.41) is 12.0. The second-order valence-electron chi connectivity index (χ2n) is 3.51. The lowest BCUT2D eigenvalue weighted by atomic mass is 10.2. The molecule has 4 N–H and O–H groups in total. The highest BCUT2D eigenvalue weighted by Crippen LogP contribution is 2.16. The van der Waals surface area contributed by atoms with Crippen LogP contribution in [-0.2, 0) is 0 Å². The summed E-state index contributed by atoms with van der Waals surface area (Å²) in [7, 11) is 0. The molecule has 90 valence electrons. The van der Waals surface area contributed by atoms with Crippen LogP contribution in [0.4, 0.5) is 20.4 Å². The maximum Gasteiger partial charge on any atom is 0.168 e. The van der Waals surface area contributed by atoms with Crippen LogP contribution in [0.3, 0.4) is 0 Å². The highest BCUT2D eigenvalue weighted by atomic mass is 19.1. The summed E-state index contributed by atoms with van der Waals surface area (Å²) in [5.41, 5.74) is 5.20. The van der Waals surface area contributed by atoms with Crippen LogP contribution in [0.5, 0.6) is 0 Å². The van der Waals surface area contributed by atoms with Crippen molar-refractivity contribution in [2.45, 2.75) is 25.9 Å². The largest absolute Gasteiger partial charge is 0.391 e. The molecule has 1 unspecified atom stereocenters. The van der Waals surface area contributed by atoms with Crippen LogP contribution in [0, 0.1) is 11.6 Å². The number of nitrogen functional groups attached to an aromatic ring is 1. The van der Waals surface area contributed by atoms with Gasteiger partial charge < -0.3 is 16.2 Å². The van der Waals surface area contributed by atoms with E-state index in [1.165, 1.54) is 0 Å². The average Bonchev–Trinajstić information content (AvgIpc) is 2.22. The topological polar surface area (TPSA) is 71.2 Å². The molecule has 0 aliphatic heterocycles. The first kappa shape index (κ1) is 12.6. The van der Waals surface area contributed by atoms with Crippen LogP contribution in [0.1, 0.15) is 19.8 Å². The van der Waals surface area contributed by atoms with E-state index in [1.807, 2.05) is 6.92 Å². The average molecular weight is 231 g/mol. The number of hydrogen-bond acceptors (Lipinski definition) is 4. The Morgan fingerprint density at radius 2 is 2.19 bits per heavy atom. The second-order valence-corrected chi connectivity index (χ2v) is 3.51. The number of nitrogens with one attached hydrogen (secondary N) is 1. The molecule has 1 aromatic rings. The van der Waals surface area contributed by atoms with Crippen LogP contribution in [0.15, 0.2) is 6.07 Å². The number of rotatable bonds is 5. The summed E-state index contributed by atoms with van der Waals surface area (Å²) in [4.78, 5) is 3.51. The van der Waals surface area contributed by atoms with E-state index in [-0.39, 0.29) is 18.2 Å². The van der Waals surface area contributed by atoms with Gasteiger partial charge >= 0.3 is 0 Å². The highest BCUT2D eigenvalue weighted by molar-refractivity contribution is 5.44. The number of aromatic nitrogens is 1. The zero-order valence-electron chi connectivity index (χ0n) is 9.00. The van der Waals surface area contributed by atoms with Gasteiger partial charge in [0, 0.05) is 12.6 Å². The molecule has 0 aliphatic carbocycles. The monoisotopic (exact) mass is 231 g/mol. The standard InChI is InChI=1S/C10H15F2N3O/c1-2-3-6(16)5-14-10-8(12)4-7(11)9(13)15-10/h4,6,16H,2-3,5H2,1H3,(H3,13,14,15). The van der Waals surface area contributed by atoms with Gasteiger partial charge in [0.2, 0.25) is 0 Å². The Balaban J connectivity index is 2.63. The summed E-state index contributed by atoms with van der Waals surface area (Å²) >= 11 is 0. The highest BCUT2D eigenvalue weighted by Gasteiger charge is 2.10. The zero-order valence-corrected chi connectivity index (χ0v) is 9.00. The molecule has 6 heteroatoms. The Bertz CT molecular complexity index is 360. The number of halogens is 2. The van der Waals surface area contributed by atoms with Crippen molar-refractivity contribution < 1.29 is 13.9 Å². The molecule has 0 aliphatic rings. The predicted molar refractivity (Wildman–Crippen MR) is 58.0 cm³/mol. The fraction of sp³-hybridized carbons (Fsp3) is 0.500. The number of hydrogen-bond donors (Lipinski definition) is 3. The van der Waals surface area contributed by atoms with Crippen molar-refractivity contribution in [3.05, 3.63) is 17.7 Å². The minimum atomic E-state index is -0.892. The van der Waals surface area contributed by atoms with Crippen LogP contribution >= 0.6 is 0 Å². The van der Waals surface area contributed by atoms with E-state index in [9.17, 15) is 13.9 Å². The fourth-order valence-corrected chi connectivity index (χ4v) is 1.25. The van der Waals surface area contributed by atoms with E-state index in [4.69, 9.17) is 5.73 Å². The Morgan fingerprint density at radius 1 is 1.50 bits per heavy atom. The number of aliphatic hydroxyl groups excluding tert-OH is 1. The molecule has 0 bridgehead atoms. The van der Waals surface area contributed by atoms with Crippen molar-refractivity contribution in [1.29, 1.82) is 0 Å². The Kier molecular flexibility index (Phi) is 4.42. The molecule has 0 spiro atoms. The van der Waals surface area contributed by atoms with Crippen LogP contribution in [0.25, 0.3) is 0 Å². The van der Waals surface area contributed by atoms with Gasteiger partial charge in [-0.15, -0.1) is 0 Å². The van der Waals surface area contributed by atoms with Crippen molar-refractivity contribution in [1.82, 2.24) is 4.98 Å². The van der Waals surface area contributed by atoms with Crippen molar-refractivity contribution in [2.75, 3.05) is 17.6 Å². The molecule has 0 fully saturated rings. The van der Waals surface area contributed by atoms with Gasteiger partial charge in [-0.2, -0.15) is 0 Å². The van der Waals surface area contributed by atoms with Crippen molar-refractivity contribution >= 4 is 11.6 Å². The fourth-order valence-electron chi connectivity index (χ4n) is 1.25. The molecular weight excluding hydrogens is 216 g/mol. The predicted octanol–water partition coefficient (Wildman–Crippen LogP) is 1.51. The number of pyridine rings is 1. The van der Waals surface area contributed by atoms with Crippen LogP contribution < -0.4 is 11.1 Å². The van der Waals surface area contributed by atoms with Gasteiger partial charge in [-0.1, -0.05) is 13.3 Å². The smallest absolute Gasteiger partial charge is 0.168 e. The molecule has 0 saturated heterocycles. The maximum absolute atomic E-state index is 13.2. The first-order chi connectivity index (χ1) is 7.54. The Labute approximate surface area is 92.5 Å². The number of nitrogens with two attached hydrogens (primary N) is 1. The van der Waals surface area contributed by atoms with Gasteiger partial charge in [0.15, 0.2) is 23.3 Å². The van der Waals surface area contributed by atoms with Crippen molar-refractivity contribution in [3.63, 3.8) is 0 Å². The second kappa shape index (κ2) is 5.60. The van der Waals surface area contributed by atoms with Gasteiger partial charge in [-0.3, -0.25) is 0 Å². The van der Waals surface area contributed by atoms with Crippen molar-refractivity contribution in [2.24, 2.45) is 0 Å². The Hall–Kier alpha value is -1.43. The number of nitrogens with zero attached hydrogens (tertiary/aromatic N) is 1. The summed E-state index contributed by atoms with van der Waals surface area (Å²) in [6.45, 7) is 2.08. The molecule has 0 aromatic carbocycles. The molecule has 1 atom stereocenters. The van der Waals surface area contributed by atoms with Gasteiger partial charge in [0.05, 0.1) is 6.10 Å². The van der Waals surface area contributed by atoms with E-state index >= 15 is 0 Å². The van der Waals surface area contributed by atoms with E-state index in [1.54, 1.807) is 0 Å². The van der Waals surface area contributed by atoms with Gasteiger partial charge in [-0.25, -0.2) is 13.8 Å². The molecule has 0 saturated carbocycles.